The van der Waals surface area contributed by atoms with Gasteiger partial charge in [0.05, 0.1) is 10.6 Å². The van der Waals surface area contributed by atoms with Crippen LogP contribution >= 0.6 is 0 Å². The Kier molecular flexibility index (Phi) is 5.95. The molecule has 8 heteroatoms. The summed E-state index contributed by atoms with van der Waals surface area (Å²) in [6.07, 6.45) is 2.49. The number of nitro groups is 1. The Morgan fingerprint density at radius 3 is 2.36 bits per heavy atom. The summed E-state index contributed by atoms with van der Waals surface area (Å²) in [6, 6.07) is 5.39. The molecule has 0 aliphatic heterocycles. The minimum Gasteiger partial charge on any atom is -0.410 e. The highest BCUT2D eigenvalue weighted by atomic mass is 16.6. The van der Waals surface area contributed by atoms with Crippen LogP contribution < -0.4 is 10.1 Å². The molecule has 1 amide bonds. The van der Waals surface area contributed by atoms with Gasteiger partial charge in [0, 0.05) is 18.2 Å². The summed E-state index contributed by atoms with van der Waals surface area (Å²) in [5.41, 5.74) is 0.637. The summed E-state index contributed by atoms with van der Waals surface area (Å²) in [7, 11) is 0. The van der Waals surface area contributed by atoms with E-state index in [0.29, 0.717) is 0 Å². The summed E-state index contributed by atoms with van der Waals surface area (Å²) < 4.78 is 5.14. The number of nitrogens with one attached hydrogen (secondary N) is 1. The van der Waals surface area contributed by atoms with Crippen molar-refractivity contribution >= 4 is 17.5 Å². The molecule has 25 heavy (non-hydrogen) atoms. The van der Waals surface area contributed by atoms with Gasteiger partial charge in [0.25, 0.3) is 5.69 Å². The minimum atomic E-state index is -0.565. The van der Waals surface area contributed by atoms with E-state index >= 15 is 0 Å². The summed E-state index contributed by atoms with van der Waals surface area (Å²) in [5, 5.41) is 17.6. The Morgan fingerprint density at radius 1 is 1.24 bits per heavy atom. The first-order valence-corrected chi connectivity index (χ1v) is 8.20. The summed E-state index contributed by atoms with van der Waals surface area (Å²) in [5.74, 6) is 0.264. The number of nitrogens with zero attached hydrogens (tertiary/aromatic N) is 2. The number of carbonyl (C=O) groups is 1. The molecule has 0 saturated heterocycles. The maximum absolute atomic E-state index is 11.9. The molecule has 0 heterocycles. The Bertz CT molecular complexity index is 639. The van der Waals surface area contributed by atoms with Gasteiger partial charge in [-0.15, -0.1) is 0 Å². The summed E-state index contributed by atoms with van der Waals surface area (Å²) in [6.45, 7) is 5.83. The monoisotopic (exact) mass is 349 g/mol. The third-order valence-electron chi connectivity index (χ3n) is 3.59. The number of rotatable bonds is 4. The third kappa shape index (κ3) is 6.40. The average molecular weight is 349 g/mol. The van der Waals surface area contributed by atoms with Crippen LogP contribution in [-0.2, 0) is 4.84 Å². The molecule has 0 radical (unpaired) electrons. The third-order valence-corrected chi connectivity index (χ3v) is 3.59. The molecule has 0 aromatic heterocycles. The minimum absolute atomic E-state index is 0.0131. The van der Waals surface area contributed by atoms with Crippen LogP contribution in [0.2, 0.25) is 0 Å². The van der Waals surface area contributed by atoms with Gasteiger partial charge in [-0.25, -0.2) is 4.79 Å². The molecule has 0 unspecified atom stereocenters. The Hall–Kier alpha value is -2.64. The number of nitro benzene ring substituents is 1. The second kappa shape index (κ2) is 7.96. The lowest BCUT2D eigenvalue weighted by molar-refractivity contribution is -0.384. The van der Waals surface area contributed by atoms with Crippen LogP contribution in [0.5, 0.6) is 5.75 Å². The second-order valence-corrected chi connectivity index (χ2v) is 6.92. The molecule has 1 fully saturated rings. The van der Waals surface area contributed by atoms with Crippen LogP contribution in [0.4, 0.5) is 10.5 Å². The van der Waals surface area contributed by atoms with E-state index in [9.17, 15) is 14.9 Å². The van der Waals surface area contributed by atoms with Crippen LogP contribution in [0.25, 0.3) is 0 Å². The van der Waals surface area contributed by atoms with Gasteiger partial charge in [-0.2, -0.15) is 0 Å². The zero-order valence-electron chi connectivity index (χ0n) is 14.7. The van der Waals surface area contributed by atoms with Gasteiger partial charge in [0.1, 0.15) is 11.4 Å². The van der Waals surface area contributed by atoms with Crippen molar-refractivity contribution in [2.75, 3.05) is 0 Å². The lowest BCUT2D eigenvalue weighted by Crippen LogP contribution is -2.39. The molecule has 0 spiro atoms. The molecule has 136 valence electrons. The van der Waals surface area contributed by atoms with Gasteiger partial charge in [0.15, 0.2) is 0 Å². The first-order valence-electron chi connectivity index (χ1n) is 8.20. The van der Waals surface area contributed by atoms with Gasteiger partial charge in [-0.3, -0.25) is 10.1 Å². The van der Waals surface area contributed by atoms with Crippen LogP contribution in [-0.4, -0.2) is 28.4 Å². The van der Waals surface area contributed by atoms with E-state index in [1.54, 1.807) is 0 Å². The van der Waals surface area contributed by atoms with Crippen molar-refractivity contribution in [3.8, 4) is 5.75 Å². The fraction of sp³-hybridized carbons (Fsp3) is 0.529. The molecule has 1 saturated carbocycles. The fourth-order valence-electron chi connectivity index (χ4n) is 2.33. The maximum atomic E-state index is 11.9. The molecule has 1 aliphatic rings. The van der Waals surface area contributed by atoms with E-state index in [1.807, 2.05) is 20.8 Å². The highest BCUT2D eigenvalue weighted by Crippen LogP contribution is 2.20. The van der Waals surface area contributed by atoms with E-state index in [4.69, 9.17) is 9.57 Å². The van der Waals surface area contributed by atoms with Gasteiger partial charge in [-0.05, 0) is 58.6 Å². The maximum Gasteiger partial charge on any atom is 0.412 e. The number of non-ortho nitro benzene ring substituents is 1. The molecular formula is C17H23N3O5. The lowest BCUT2D eigenvalue weighted by atomic mass is 9.94. The second-order valence-electron chi connectivity index (χ2n) is 6.92. The van der Waals surface area contributed by atoms with Gasteiger partial charge in [0.2, 0.25) is 0 Å². The molecule has 8 nitrogen and oxygen atoms in total. The topological polar surface area (TPSA) is 103 Å². The van der Waals surface area contributed by atoms with E-state index in [0.717, 1.165) is 31.4 Å². The van der Waals surface area contributed by atoms with Crippen molar-refractivity contribution in [2.45, 2.75) is 58.1 Å². The zero-order valence-corrected chi connectivity index (χ0v) is 14.7. The standard InChI is InChI=1S/C17H23N3O5/c1-17(2,3)25-19-13-6-4-12(5-7-13)18-16(21)24-15-10-8-14(9-11-15)20(22)23/h8-12H,4-7H2,1-3H3,(H,18,21). The molecule has 1 aromatic carbocycles. The van der Waals surface area contributed by atoms with Gasteiger partial charge >= 0.3 is 6.09 Å². The number of hydrogen-bond acceptors (Lipinski definition) is 6. The highest BCUT2D eigenvalue weighted by Gasteiger charge is 2.21. The van der Waals surface area contributed by atoms with Gasteiger partial charge < -0.3 is 14.9 Å². The Balaban J connectivity index is 1.77. The number of benzene rings is 1. The Labute approximate surface area is 146 Å². The first-order chi connectivity index (χ1) is 11.7. The van der Waals surface area contributed by atoms with Crippen molar-refractivity contribution < 1.29 is 19.3 Å². The molecule has 0 bridgehead atoms. The molecular weight excluding hydrogens is 326 g/mol. The van der Waals surface area contributed by atoms with Crippen LogP contribution in [0.1, 0.15) is 46.5 Å². The molecule has 0 atom stereocenters. The highest BCUT2D eigenvalue weighted by molar-refractivity contribution is 5.85. The van der Waals surface area contributed by atoms with Crippen LogP contribution in [0, 0.1) is 10.1 Å². The van der Waals surface area contributed by atoms with Gasteiger partial charge in [-0.1, -0.05) is 5.16 Å². The first kappa shape index (κ1) is 18.7. The number of ether oxygens (including phenoxy) is 1. The predicted molar refractivity (Wildman–Crippen MR) is 92.8 cm³/mol. The van der Waals surface area contributed by atoms with E-state index in [2.05, 4.69) is 10.5 Å². The van der Waals surface area contributed by atoms with Crippen molar-refractivity contribution in [3.05, 3.63) is 34.4 Å². The SMILES string of the molecule is CC(C)(C)ON=C1CCC(NC(=O)Oc2ccc([N+](=O)[O-])cc2)CC1. The van der Waals surface area contributed by atoms with E-state index in [1.165, 1.54) is 24.3 Å². The summed E-state index contributed by atoms with van der Waals surface area (Å²) >= 11 is 0. The average Bonchev–Trinajstić information content (AvgIpc) is 2.54. The van der Waals surface area contributed by atoms with E-state index < -0.39 is 11.0 Å². The van der Waals surface area contributed by atoms with Crippen LogP contribution in [0.3, 0.4) is 0 Å². The number of amides is 1. The van der Waals surface area contributed by atoms with E-state index in [-0.39, 0.29) is 23.1 Å². The molecule has 1 aromatic rings. The van der Waals surface area contributed by atoms with Crippen molar-refractivity contribution in [1.29, 1.82) is 0 Å². The molecule has 2 rings (SSSR count). The zero-order chi connectivity index (χ0) is 18.4. The predicted octanol–water partition coefficient (Wildman–Crippen LogP) is 3.80. The smallest absolute Gasteiger partial charge is 0.410 e. The number of carbonyl (C=O) groups excluding carboxylic acids is 1. The summed E-state index contributed by atoms with van der Waals surface area (Å²) in [4.78, 5) is 27.4. The normalized spacial score (nSPS) is 17.6. The largest absolute Gasteiger partial charge is 0.412 e. The Morgan fingerprint density at radius 2 is 1.84 bits per heavy atom. The lowest BCUT2D eigenvalue weighted by Gasteiger charge is -2.24. The quantitative estimate of drug-likeness (QED) is 0.658. The number of oxime groups is 1. The molecule has 1 aliphatic carbocycles. The number of hydrogen-bond donors (Lipinski definition) is 1. The van der Waals surface area contributed by atoms with Crippen molar-refractivity contribution in [3.63, 3.8) is 0 Å². The van der Waals surface area contributed by atoms with Crippen molar-refractivity contribution in [2.24, 2.45) is 5.16 Å². The van der Waals surface area contributed by atoms with Crippen molar-refractivity contribution in [1.82, 2.24) is 5.32 Å². The fourth-order valence-corrected chi connectivity index (χ4v) is 2.33. The molecule has 1 N–H and O–H groups in total. The van der Waals surface area contributed by atoms with Crippen LogP contribution in [0.15, 0.2) is 29.4 Å².